The minimum absolute atomic E-state index is 0.0752. The van der Waals surface area contributed by atoms with E-state index in [0.717, 1.165) is 18.2 Å². The van der Waals surface area contributed by atoms with E-state index < -0.39 is 57.5 Å². The molecular weight excluding hydrogens is 518 g/mol. The standard InChI is InChI=1S/C26H24F2N4O5S/c27-17-8-4-9-18(28)20(17)25(35)31-11-5-10-19(31)23-29-24(34)22(33)21-26(36)30(12-13-32(21)23)14-15-38(37)16-6-2-1-3-7-16/h1-4,6-9,19,33H,5,10-15H2. The van der Waals surface area contributed by atoms with Gasteiger partial charge in [0.15, 0.2) is 10.6 Å². The van der Waals surface area contributed by atoms with E-state index >= 15 is 0 Å². The number of hydrogen-bond donors (Lipinski definition) is 1. The molecule has 1 fully saturated rings. The zero-order valence-electron chi connectivity index (χ0n) is 20.2. The third kappa shape index (κ3) is 4.65. The summed E-state index contributed by atoms with van der Waals surface area (Å²) in [6.45, 7) is 0.653. The molecule has 0 bridgehead atoms. The average Bonchev–Trinajstić information content (AvgIpc) is 3.40. The summed E-state index contributed by atoms with van der Waals surface area (Å²) < 4.78 is 42.7. The first-order valence-electron chi connectivity index (χ1n) is 12.1. The summed E-state index contributed by atoms with van der Waals surface area (Å²) in [6.07, 6.45) is 0.844. The second kappa shape index (κ2) is 10.5. The Morgan fingerprint density at radius 1 is 1.05 bits per heavy atom. The topological polar surface area (TPSA) is 119 Å². The van der Waals surface area contributed by atoms with Gasteiger partial charge < -0.3 is 24.0 Å². The third-order valence-electron chi connectivity index (χ3n) is 6.81. The van der Waals surface area contributed by atoms with Crippen molar-refractivity contribution in [1.82, 2.24) is 19.4 Å². The molecule has 2 aromatic carbocycles. The molecule has 1 saturated heterocycles. The summed E-state index contributed by atoms with van der Waals surface area (Å²) in [5.74, 6) is -4.09. The first-order chi connectivity index (χ1) is 18.3. The van der Waals surface area contributed by atoms with Crippen LogP contribution in [-0.2, 0) is 17.7 Å². The molecule has 5 rings (SSSR count). The lowest BCUT2D eigenvalue weighted by atomic mass is 10.1. The molecule has 2 aliphatic rings. The predicted octanol–water partition coefficient (Wildman–Crippen LogP) is 2.47. The first kappa shape index (κ1) is 25.9. The highest BCUT2D eigenvalue weighted by atomic mass is 32.2. The summed E-state index contributed by atoms with van der Waals surface area (Å²) in [7, 11) is 0. The van der Waals surface area contributed by atoms with Crippen molar-refractivity contribution >= 4 is 23.0 Å². The molecule has 12 heteroatoms. The van der Waals surface area contributed by atoms with Gasteiger partial charge in [0.25, 0.3) is 11.8 Å². The summed E-state index contributed by atoms with van der Waals surface area (Å²) in [4.78, 5) is 46.3. The van der Waals surface area contributed by atoms with Crippen molar-refractivity contribution in [2.75, 3.05) is 25.4 Å². The van der Waals surface area contributed by atoms with Crippen LogP contribution in [0.4, 0.5) is 8.78 Å². The second-order valence-corrected chi connectivity index (χ2v) is 10.6. The SMILES string of the molecule is O=C1c2c(O)c(=O)nc(C3CCCN3C(=O)c3c(F)cccc3F)n2CCN1CC[S+]([O-])c1ccccc1. The van der Waals surface area contributed by atoms with Gasteiger partial charge in [0.05, 0.1) is 12.6 Å². The molecule has 198 valence electrons. The average molecular weight is 543 g/mol. The molecule has 38 heavy (non-hydrogen) atoms. The van der Waals surface area contributed by atoms with Crippen LogP contribution in [-0.4, -0.2) is 66.2 Å². The highest BCUT2D eigenvalue weighted by molar-refractivity contribution is 7.91. The molecule has 0 aliphatic carbocycles. The summed E-state index contributed by atoms with van der Waals surface area (Å²) >= 11 is -1.35. The van der Waals surface area contributed by atoms with Crippen LogP contribution in [0.3, 0.4) is 0 Å². The predicted molar refractivity (Wildman–Crippen MR) is 133 cm³/mol. The van der Waals surface area contributed by atoms with Crippen LogP contribution in [0.15, 0.2) is 58.2 Å². The van der Waals surface area contributed by atoms with E-state index in [9.17, 15) is 32.8 Å². The van der Waals surface area contributed by atoms with E-state index in [0.29, 0.717) is 17.7 Å². The van der Waals surface area contributed by atoms with Gasteiger partial charge in [-0.15, -0.1) is 0 Å². The normalized spacial score (nSPS) is 18.0. The van der Waals surface area contributed by atoms with Crippen LogP contribution < -0.4 is 5.56 Å². The van der Waals surface area contributed by atoms with Crippen LogP contribution in [0.1, 0.15) is 45.6 Å². The number of benzene rings is 2. The first-order valence-corrected chi connectivity index (χ1v) is 13.4. The molecule has 1 N–H and O–H groups in total. The monoisotopic (exact) mass is 542 g/mol. The van der Waals surface area contributed by atoms with Crippen molar-refractivity contribution in [3.05, 3.63) is 87.6 Å². The van der Waals surface area contributed by atoms with Gasteiger partial charge in [0, 0.05) is 19.6 Å². The number of nitrogens with zero attached hydrogens (tertiary/aromatic N) is 4. The molecule has 0 saturated carbocycles. The van der Waals surface area contributed by atoms with E-state index in [-0.39, 0.29) is 43.5 Å². The lowest BCUT2D eigenvalue weighted by Gasteiger charge is -2.33. The zero-order valence-corrected chi connectivity index (χ0v) is 21.0. The molecule has 0 radical (unpaired) electrons. The van der Waals surface area contributed by atoms with Crippen molar-refractivity contribution in [1.29, 1.82) is 0 Å². The summed E-state index contributed by atoms with van der Waals surface area (Å²) in [5, 5.41) is 10.5. The molecule has 2 amide bonds. The molecule has 2 unspecified atom stereocenters. The van der Waals surface area contributed by atoms with Gasteiger partial charge in [-0.2, -0.15) is 4.98 Å². The fourth-order valence-electron chi connectivity index (χ4n) is 4.95. The Bertz CT molecular complexity index is 1430. The van der Waals surface area contributed by atoms with Gasteiger partial charge in [-0.1, -0.05) is 24.3 Å². The lowest BCUT2D eigenvalue weighted by molar-refractivity contribution is 0.0686. The number of amides is 2. The number of fused-ring (bicyclic) bond motifs is 1. The maximum absolute atomic E-state index is 14.3. The number of aromatic nitrogens is 2. The van der Waals surface area contributed by atoms with Gasteiger partial charge in [-0.25, -0.2) is 8.78 Å². The number of likely N-dealkylation sites (tertiary alicyclic amines) is 1. The number of carbonyl (C=O) groups is 2. The highest BCUT2D eigenvalue weighted by Crippen LogP contribution is 2.35. The van der Waals surface area contributed by atoms with Gasteiger partial charge in [-0.05, 0) is 48.3 Å². The molecular formula is C26H24F2N4O5S. The van der Waals surface area contributed by atoms with E-state index in [1.54, 1.807) is 24.3 Å². The molecule has 2 atom stereocenters. The Morgan fingerprint density at radius 2 is 1.76 bits per heavy atom. The van der Waals surface area contributed by atoms with Crippen LogP contribution in [0, 0.1) is 11.6 Å². The minimum atomic E-state index is -1.35. The minimum Gasteiger partial charge on any atom is -0.611 e. The number of carbonyl (C=O) groups excluding carboxylic acids is 2. The van der Waals surface area contributed by atoms with Crippen molar-refractivity contribution in [3.8, 4) is 5.75 Å². The Morgan fingerprint density at radius 3 is 2.47 bits per heavy atom. The molecule has 0 spiro atoms. The number of aromatic hydroxyl groups is 1. The van der Waals surface area contributed by atoms with Crippen molar-refractivity contribution in [2.45, 2.75) is 30.3 Å². The van der Waals surface area contributed by atoms with E-state index in [1.807, 2.05) is 6.07 Å². The zero-order chi connectivity index (χ0) is 27.0. The van der Waals surface area contributed by atoms with E-state index in [1.165, 1.54) is 14.4 Å². The van der Waals surface area contributed by atoms with Crippen molar-refractivity contribution in [2.24, 2.45) is 0 Å². The largest absolute Gasteiger partial charge is 0.611 e. The van der Waals surface area contributed by atoms with Crippen molar-refractivity contribution < 1.29 is 28.0 Å². The lowest BCUT2D eigenvalue weighted by Crippen LogP contribution is -2.46. The number of hydrogen-bond acceptors (Lipinski definition) is 6. The van der Waals surface area contributed by atoms with Crippen molar-refractivity contribution in [3.63, 3.8) is 0 Å². The molecule has 1 aromatic heterocycles. The molecule has 2 aliphatic heterocycles. The summed E-state index contributed by atoms with van der Waals surface area (Å²) in [6, 6.07) is 11.1. The highest BCUT2D eigenvalue weighted by Gasteiger charge is 2.39. The van der Waals surface area contributed by atoms with Crippen LogP contribution in [0.5, 0.6) is 5.75 Å². The Kier molecular flexibility index (Phi) is 7.17. The van der Waals surface area contributed by atoms with Crippen LogP contribution >= 0.6 is 0 Å². The number of halogens is 2. The molecule has 3 heterocycles. The van der Waals surface area contributed by atoms with E-state index in [2.05, 4.69) is 4.98 Å². The van der Waals surface area contributed by atoms with Gasteiger partial charge in [0.2, 0.25) is 5.75 Å². The smallest absolute Gasteiger partial charge is 0.315 e. The maximum atomic E-state index is 14.3. The van der Waals surface area contributed by atoms with Gasteiger partial charge >= 0.3 is 5.56 Å². The Labute approximate surface area is 219 Å². The van der Waals surface area contributed by atoms with Crippen LogP contribution in [0.2, 0.25) is 0 Å². The van der Waals surface area contributed by atoms with Crippen LogP contribution in [0.25, 0.3) is 0 Å². The quantitative estimate of drug-likeness (QED) is 0.478. The summed E-state index contributed by atoms with van der Waals surface area (Å²) in [5.41, 5.74) is -2.01. The fourth-order valence-corrected chi connectivity index (χ4v) is 6.03. The third-order valence-corrected chi connectivity index (χ3v) is 8.17. The van der Waals surface area contributed by atoms with Gasteiger partial charge in [-0.3, -0.25) is 14.4 Å². The number of rotatable bonds is 6. The Hall–Kier alpha value is -3.77. The second-order valence-electron chi connectivity index (χ2n) is 9.03. The molecule has 9 nitrogen and oxygen atoms in total. The fraction of sp³-hybridized carbons (Fsp3) is 0.308. The Balaban J connectivity index is 1.43. The van der Waals surface area contributed by atoms with E-state index in [4.69, 9.17) is 0 Å². The maximum Gasteiger partial charge on any atom is 0.315 e. The van der Waals surface area contributed by atoms with Gasteiger partial charge in [0.1, 0.15) is 28.8 Å². The molecule has 3 aromatic rings.